The van der Waals surface area contributed by atoms with Crippen molar-refractivity contribution in [3.05, 3.63) is 40.2 Å². The van der Waals surface area contributed by atoms with E-state index >= 15 is 0 Å². The third-order valence-corrected chi connectivity index (χ3v) is 2.56. The Morgan fingerprint density at radius 3 is 2.67 bits per heavy atom. The maximum Gasteiger partial charge on any atom is 0.194 e. The maximum absolute atomic E-state index is 12.9. The summed E-state index contributed by atoms with van der Waals surface area (Å²) in [4.78, 5) is 3.94. The van der Waals surface area contributed by atoms with Crippen LogP contribution in [-0.2, 0) is 0 Å². The van der Waals surface area contributed by atoms with Crippen LogP contribution in [0.1, 0.15) is 5.01 Å². The van der Waals surface area contributed by atoms with Gasteiger partial charge >= 0.3 is 0 Å². The number of hydrogen-bond acceptors (Lipinski definition) is 3. The first kappa shape index (κ1) is 9.74. The van der Waals surface area contributed by atoms with Crippen molar-refractivity contribution in [2.24, 2.45) is 0 Å². The predicted octanol–water partition coefficient (Wildman–Crippen LogP) is 2.96. The topological polar surface area (TPSA) is 36.7 Å². The van der Waals surface area contributed by atoms with E-state index in [0.29, 0.717) is 16.3 Å². The lowest BCUT2D eigenvalue weighted by atomic mass is 10.2. The van der Waals surface area contributed by atoms with Gasteiger partial charge < -0.3 is 0 Å². The second-order valence-corrected chi connectivity index (χ2v) is 3.64. The minimum atomic E-state index is -0.918. The summed E-state index contributed by atoms with van der Waals surface area (Å²) < 4.78 is 25.5. The average Bonchev–Trinajstić information content (AvgIpc) is 2.70. The molecule has 0 unspecified atom stereocenters. The van der Waals surface area contributed by atoms with E-state index in [-0.39, 0.29) is 0 Å². The van der Waals surface area contributed by atoms with Crippen molar-refractivity contribution in [1.82, 2.24) is 4.98 Å². The standard InChI is InChI=1S/C10H4F2N2S/c11-7-2-1-6(3-8(7)12)9-5-15-10(4-13)14-9/h1-3,5H. The summed E-state index contributed by atoms with van der Waals surface area (Å²) in [7, 11) is 0. The summed E-state index contributed by atoms with van der Waals surface area (Å²) in [6.45, 7) is 0. The first-order valence-corrected chi connectivity index (χ1v) is 4.89. The lowest BCUT2D eigenvalue weighted by Gasteiger charge is -1.96. The Balaban J connectivity index is 2.46. The predicted molar refractivity (Wildman–Crippen MR) is 52.2 cm³/mol. The zero-order valence-corrected chi connectivity index (χ0v) is 8.18. The molecular formula is C10H4F2N2S. The van der Waals surface area contributed by atoms with E-state index in [1.165, 1.54) is 17.4 Å². The highest BCUT2D eigenvalue weighted by atomic mass is 32.1. The van der Waals surface area contributed by atoms with E-state index in [2.05, 4.69) is 4.98 Å². The molecular weight excluding hydrogens is 218 g/mol. The zero-order chi connectivity index (χ0) is 10.8. The van der Waals surface area contributed by atoms with E-state index in [1.54, 1.807) is 5.38 Å². The molecule has 1 heterocycles. The van der Waals surface area contributed by atoms with Gasteiger partial charge in [-0.15, -0.1) is 11.3 Å². The number of rotatable bonds is 1. The molecule has 0 aliphatic heterocycles. The summed E-state index contributed by atoms with van der Waals surface area (Å²) in [5.74, 6) is -1.81. The van der Waals surface area contributed by atoms with Crippen molar-refractivity contribution in [2.45, 2.75) is 0 Å². The Kier molecular flexibility index (Phi) is 2.44. The van der Waals surface area contributed by atoms with Gasteiger partial charge in [-0.25, -0.2) is 13.8 Å². The molecule has 74 valence electrons. The summed E-state index contributed by atoms with van der Waals surface area (Å²) in [6, 6.07) is 5.41. The lowest BCUT2D eigenvalue weighted by Crippen LogP contribution is -1.85. The Morgan fingerprint density at radius 2 is 2.07 bits per heavy atom. The van der Waals surface area contributed by atoms with Gasteiger partial charge in [0.1, 0.15) is 6.07 Å². The van der Waals surface area contributed by atoms with Crippen LogP contribution in [0.15, 0.2) is 23.6 Å². The van der Waals surface area contributed by atoms with Gasteiger partial charge in [0.2, 0.25) is 0 Å². The SMILES string of the molecule is N#Cc1nc(-c2ccc(F)c(F)c2)cs1. The fourth-order valence-corrected chi connectivity index (χ4v) is 1.73. The molecule has 5 heteroatoms. The summed E-state index contributed by atoms with van der Waals surface area (Å²) in [6.07, 6.45) is 0. The van der Waals surface area contributed by atoms with Crippen molar-refractivity contribution >= 4 is 11.3 Å². The summed E-state index contributed by atoms with van der Waals surface area (Å²) >= 11 is 1.17. The summed E-state index contributed by atoms with van der Waals surface area (Å²) in [5.41, 5.74) is 0.946. The molecule has 1 aromatic heterocycles. The van der Waals surface area contributed by atoms with E-state index in [9.17, 15) is 8.78 Å². The Bertz CT molecular complexity index is 543. The van der Waals surface area contributed by atoms with Crippen LogP contribution in [0.3, 0.4) is 0 Å². The molecule has 0 amide bonds. The second-order valence-electron chi connectivity index (χ2n) is 2.78. The number of thiazole rings is 1. The van der Waals surface area contributed by atoms with E-state index in [0.717, 1.165) is 12.1 Å². The molecule has 2 nitrogen and oxygen atoms in total. The van der Waals surface area contributed by atoms with Crippen LogP contribution in [0.25, 0.3) is 11.3 Å². The molecule has 0 spiro atoms. The molecule has 0 fully saturated rings. The van der Waals surface area contributed by atoms with Crippen LogP contribution in [0, 0.1) is 23.0 Å². The van der Waals surface area contributed by atoms with Gasteiger partial charge in [0, 0.05) is 10.9 Å². The third-order valence-electron chi connectivity index (χ3n) is 1.82. The number of benzene rings is 1. The molecule has 0 aliphatic carbocycles. The molecule has 0 atom stereocenters. The largest absolute Gasteiger partial charge is 0.226 e. The fourth-order valence-electron chi connectivity index (χ4n) is 1.11. The molecule has 0 radical (unpaired) electrons. The van der Waals surface area contributed by atoms with Gasteiger partial charge in [-0.1, -0.05) is 0 Å². The smallest absolute Gasteiger partial charge is 0.194 e. The quantitative estimate of drug-likeness (QED) is 0.743. The number of nitriles is 1. The fraction of sp³-hybridized carbons (Fsp3) is 0. The molecule has 2 aromatic rings. The number of aromatic nitrogens is 1. The second kappa shape index (κ2) is 3.75. The molecule has 0 bridgehead atoms. The highest BCUT2D eigenvalue weighted by molar-refractivity contribution is 7.10. The van der Waals surface area contributed by atoms with Crippen LogP contribution < -0.4 is 0 Å². The molecule has 1 aromatic carbocycles. The number of halogens is 2. The van der Waals surface area contributed by atoms with Crippen molar-refractivity contribution in [3.8, 4) is 17.3 Å². The third kappa shape index (κ3) is 1.85. The van der Waals surface area contributed by atoms with Gasteiger partial charge in [0.05, 0.1) is 5.69 Å². The average molecular weight is 222 g/mol. The highest BCUT2D eigenvalue weighted by Crippen LogP contribution is 2.23. The lowest BCUT2D eigenvalue weighted by molar-refractivity contribution is 0.509. The van der Waals surface area contributed by atoms with Gasteiger partial charge in [0.25, 0.3) is 0 Å². The van der Waals surface area contributed by atoms with Gasteiger partial charge in [-0.3, -0.25) is 0 Å². The van der Waals surface area contributed by atoms with Gasteiger partial charge in [-0.05, 0) is 18.2 Å². The molecule has 0 saturated carbocycles. The van der Waals surface area contributed by atoms with E-state index in [1.807, 2.05) is 6.07 Å². The Labute approximate surface area is 88.4 Å². The van der Waals surface area contributed by atoms with Gasteiger partial charge in [0.15, 0.2) is 16.6 Å². The summed E-state index contributed by atoms with van der Waals surface area (Å²) in [5, 5.41) is 10.5. The molecule has 0 saturated heterocycles. The van der Waals surface area contributed by atoms with Crippen molar-refractivity contribution in [3.63, 3.8) is 0 Å². The number of nitrogens with zero attached hydrogens (tertiary/aromatic N) is 2. The minimum Gasteiger partial charge on any atom is -0.226 e. The van der Waals surface area contributed by atoms with E-state index in [4.69, 9.17) is 5.26 Å². The van der Waals surface area contributed by atoms with Crippen molar-refractivity contribution in [1.29, 1.82) is 5.26 Å². The Morgan fingerprint density at radius 1 is 1.27 bits per heavy atom. The monoisotopic (exact) mass is 222 g/mol. The number of hydrogen-bond donors (Lipinski definition) is 0. The molecule has 0 N–H and O–H groups in total. The van der Waals surface area contributed by atoms with Crippen LogP contribution in [0.2, 0.25) is 0 Å². The molecule has 0 aliphatic rings. The van der Waals surface area contributed by atoms with Crippen molar-refractivity contribution < 1.29 is 8.78 Å². The Hall–Kier alpha value is -1.80. The van der Waals surface area contributed by atoms with Gasteiger partial charge in [-0.2, -0.15) is 5.26 Å². The van der Waals surface area contributed by atoms with E-state index < -0.39 is 11.6 Å². The first-order chi connectivity index (χ1) is 7.20. The van der Waals surface area contributed by atoms with Crippen LogP contribution in [-0.4, -0.2) is 4.98 Å². The zero-order valence-electron chi connectivity index (χ0n) is 7.37. The maximum atomic E-state index is 12.9. The molecule has 15 heavy (non-hydrogen) atoms. The molecule has 2 rings (SSSR count). The van der Waals surface area contributed by atoms with Crippen LogP contribution >= 0.6 is 11.3 Å². The van der Waals surface area contributed by atoms with Crippen LogP contribution in [0.4, 0.5) is 8.78 Å². The first-order valence-electron chi connectivity index (χ1n) is 4.02. The van der Waals surface area contributed by atoms with Crippen LogP contribution in [0.5, 0.6) is 0 Å². The normalized spacial score (nSPS) is 9.93. The minimum absolute atomic E-state index is 0.301. The highest BCUT2D eigenvalue weighted by Gasteiger charge is 2.07. The van der Waals surface area contributed by atoms with Crippen molar-refractivity contribution in [2.75, 3.05) is 0 Å².